The van der Waals surface area contributed by atoms with E-state index in [4.69, 9.17) is 4.74 Å². The third-order valence-electron chi connectivity index (χ3n) is 5.99. The molecule has 5 heteroatoms. The highest BCUT2D eigenvalue weighted by Gasteiger charge is 2.30. The molecule has 140 valence electrons. The van der Waals surface area contributed by atoms with Crippen LogP contribution in [0.15, 0.2) is 18.2 Å². The molecule has 5 nitrogen and oxygen atoms in total. The summed E-state index contributed by atoms with van der Waals surface area (Å²) in [5, 5.41) is 0. The molecule has 2 fully saturated rings. The Hall–Kier alpha value is -2.04. The van der Waals surface area contributed by atoms with Crippen molar-refractivity contribution in [2.45, 2.75) is 44.9 Å². The van der Waals surface area contributed by atoms with Gasteiger partial charge in [-0.15, -0.1) is 0 Å². The lowest BCUT2D eigenvalue weighted by Crippen LogP contribution is -2.52. The summed E-state index contributed by atoms with van der Waals surface area (Å²) in [5.74, 6) is 1.51. The maximum absolute atomic E-state index is 12.8. The van der Waals surface area contributed by atoms with Crippen molar-refractivity contribution in [1.82, 2.24) is 9.80 Å². The zero-order valence-corrected chi connectivity index (χ0v) is 15.4. The van der Waals surface area contributed by atoms with Crippen molar-refractivity contribution in [2.24, 2.45) is 5.92 Å². The van der Waals surface area contributed by atoms with Gasteiger partial charge >= 0.3 is 0 Å². The Morgan fingerprint density at radius 1 is 0.923 bits per heavy atom. The van der Waals surface area contributed by atoms with Crippen LogP contribution in [0, 0.1) is 5.92 Å². The molecule has 0 unspecified atom stereocenters. The molecule has 3 aliphatic rings. The SMILES string of the molecule is O=C(c1ccc2c(c1)CCCO2)N1CCN(C(=O)C2CCCCC2)CC1. The minimum atomic E-state index is 0.0724. The van der Waals surface area contributed by atoms with Gasteiger partial charge in [-0.3, -0.25) is 9.59 Å². The average molecular weight is 356 g/mol. The fraction of sp³-hybridized carbons (Fsp3) is 0.619. The predicted octanol–water partition coefficient (Wildman–Crippen LogP) is 2.88. The number of benzene rings is 1. The molecule has 4 rings (SSSR count). The highest BCUT2D eigenvalue weighted by atomic mass is 16.5. The first-order valence-corrected chi connectivity index (χ1v) is 10.1. The van der Waals surface area contributed by atoms with Gasteiger partial charge in [-0.05, 0) is 49.4 Å². The number of aryl methyl sites for hydroxylation is 1. The first kappa shape index (κ1) is 17.4. The van der Waals surface area contributed by atoms with Gasteiger partial charge in [-0.2, -0.15) is 0 Å². The van der Waals surface area contributed by atoms with E-state index in [1.807, 2.05) is 28.0 Å². The predicted molar refractivity (Wildman–Crippen MR) is 99.3 cm³/mol. The minimum absolute atomic E-state index is 0.0724. The third kappa shape index (κ3) is 3.57. The van der Waals surface area contributed by atoms with Gasteiger partial charge in [0.25, 0.3) is 5.91 Å². The summed E-state index contributed by atoms with van der Waals surface area (Å²) in [4.78, 5) is 29.4. The molecule has 1 aliphatic carbocycles. The van der Waals surface area contributed by atoms with Gasteiger partial charge in [0, 0.05) is 37.7 Å². The molecular weight excluding hydrogens is 328 g/mol. The molecule has 0 atom stereocenters. The lowest BCUT2D eigenvalue weighted by Gasteiger charge is -2.37. The Morgan fingerprint density at radius 3 is 2.42 bits per heavy atom. The summed E-state index contributed by atoms with van der Waals surface area (Å²) in [7, 11) is 0. The van der Waals surface area contributed by atoms with E-state index >= 15 is 0 Å². The van der Waals surface area contributed by atoms with E-state index in [9.17, 15) is 9.59 Å². The van der Waals surface area contributed by atoms with Crippen LogP contribution < -0.4 is 4.74 Å². The molecule has 0 spiro atoms. The summed E-state index contributed by atoms with van der Waals surface area (Å²) >= 11 is 0. The van der Waals surface area contributed by atoms with Crippen molar-refractivity contribution in [3.05, 3.63) is 29.3 Å². The maximum Gasteiger partial charge on any atom is 0.253 e. The van der Waals surface area contributed by atoms with Crippen molar-refractivity contribution in [2.75, 3.05) is 32.8 Å². The minimum Gasteiger partial charge on any atom is -0.493 e. The normalized spacial score (nSPS) is 21.1. The number of carbonyl (C=O) groups excluding carboxylic acids is 2. The van der Waals surface area contributed by atoms with Gasteiger partial charge in [0.2, 0.25) is 5.91 Å². The van der Waals surface area contributed by atoms with Crippen molar-refractivity contribution in [1.29, 1.82) is 0 Å². The van der Waals surface area contributed by atoms with Crippen molar-refractivity contribution in [3.8, 4) is 5.75 Å². The Bertz CT molecular complexity index is 674. The van der Waals surface area contributed by atoms with Gasteiger partial charge in [0.1, 0.15) is 5.75 Å². The quantitative estimate of drug-likeness (QED) is 0.819. The zero-order chi connectivity index (χ0) is 17.9. The molecule has 1 aromatic carbocycles. The molecule has 1 aromatic rings. The molecule has 2 aliphatic heterocycles. The molecule has 2 amide bonds. The summed E-state index contributed by atoms with van der Waals surface area (Å²) in [6, 6.07) is 5.77. The summed E-state index contributed by atoms with van der Waals surface area (Å²) in [6.07, 6.45) is 7.67. The van der Waals surface area contributed by atoms with E-state index in [0.717, 1.165) is 49.2 Å². The number of hydrogen-bond acceptors (Lipinski definition) is 3. The largest absolute Gasteiger partial charge is 0.493 e. The molecule has 1 saturated carbocycles. The lowest BCUT2D eigenvalue weighted by molar-refractivity contribution is -0.138. The number of nitrogens with zero attached hydrogens (tertiary/aromatic N) is 2. The number of ether oxygens (including phenoxy) is 1. The van der Waals surface area contributed by atoms with Gasteiger partial charge in [0.05, 0.1) is 6.61 Å². The lowest BCUT2D eigenvalue weighted by atomic mass is 9.88. The van der Waals surface area contributed by atoms with Crippen LogP contribution >= 0.6 is 0 Å². The second-order valence-corrected chi connectivity index (χ2v) is 7.73. The molecule has 0 bridgehead atoms. The van der Waals surface area contributed by atoms with Crippen LogP contribution in [0.3, 0.4) is 0 Å². The summed E-state index contributed by atoms with van der Waals surface area (Å²) in [6.45, 7) is 3.34. The summed E-state index contributed by atoms with van der Waals surface area (Å²) < 4.78 is 5.63. The first-order chi connectivity index (χ1) is 12.7. The van der Waals surface area contributed by atoms with E-state index in [1.165, 1.54) is 19.3 Å². The summed E-state index contributed by atoms with van der Waals surface area (Å²) in [5.41, 5.74) is 1.87. The van der Waals surface area contributed by atoms with E-state index < -0.39 is 0 Å². The third-order valence-corrected chi connectivity index (χ3v) is 5.99. The maximum atomic E-state index is 12.8. The molecule has 0 aromatic heterocycles. The fourth-order valence-electron chi connectivity index (χ4n) is 4.41. The van der Waals surface area contributed by atoms with Crippen LogP contribution in [0.5, 0.6) is 5.75 Å². The number of carbonyl (C=O) groups is 2. The standard InChI is InChI=1S/C21H28N2O3/c24-20(16-5-2-1-3-6-16)22-10-12-23(13-11-22)21(25)18-8-9-19-17(15-18)7-4-14-26-19/h8-9,15-16H,1-7,10-14H2. The van der Waals surface area contributed by atoms with E-state index in [1.54, 1.807) is 0 Å². The number of piperazine rings is 1. The zero-order valence-electron chi connectivity index (χ0n) is 15.4. The van der Waals surface area contributed by atoms with Crippen molar-refractivity contribution in [3.63, 3.8) is 0 Å². The number of rotatable bonds is 2. The Labute approximate surface area is 155 Å². The van der Waals surface area contributed by atoms with Gasteiger partial charge < -0.3 is 14.5 Å². The topological polar surface area (TPSA) is 49.9 Å². The molecule has 26 heavy (non-hydrogen) atoms. The molecule has 0 radical (unpaired) electrons. The van der Waals surface area contributed by atoms with Gasteiger partial charge in [-0.25, -0.2) is 0 Å². The molecule has 1 saturated heterocycles. The highest BCUT2D eigenvalue weighted by molar-refractivity contribution is 5.95. The first-order valence-electron chi connectivity index (χ1n) is 10.1. The van der Waals surface area contributed by atoms with Crippen LogP contribution in [0.2, 0.25) is 0 Å². The highest BCUT2D eigenvalue weighted by Crippen LogP contribution is 2.27. The molecular formula is C21H28N2O3. The Morgan fingerprint density at radius 2 is 1.65 bits per heavy atom. The van der Waals surface area contributed by atoms with Crippen molar-refractivity contribution < 1.29 is 14.3 Å². The monoisotopic (exact) mass is 356 g/mol. The van der Waals surface area contributed by atoms with E-state index in [-0.39, 0.29) is 11.8 Å². The van der Waals surface area contributed by atoms with Crippen LogP contribution in [0.25, 0.3) is 0 Å². The van der Waals surface area contributed by atoms with Crippen LogP contribution in [-0.2, 0) is 11.2 Å². The molecule has 2 heterocycles. The van der Waals surface area contributed by atoms with Gasteiger partial charge in [0.15, 0.2) is 0 Å². The Kier molecular flexibility index (Phi) is 5.14. The number of fused-ring (bicyclic) bond motifs is 1. The average Bonchev–Trinajstić information content (AvgIpc) is 2.73. The Balaban J connectivity index is 1.35. The molecule has 0 N–H and O–H groups in total. The smallest absolute Gasteiger partial charge is 0.253 e. The fourth-order valence-corrected chi connectivity index (χ4v) is 4.41. The van der Waals surface area contributed by atoms with Crippen molar-refractivity contribution >= 4 is 11.8 Å². The van der Waals surface area contributed by atoms with Crippen LogP contribution in [-0.4, -0.2) is 54.4 Å². The number of hydrogen-bond donors (Lipinski definition) is 0. The second-order valence-electron chi connectivity index (χ2n) is 7.73. The van der Waals surface area contributed by atoms with E-state index in [0.29, 0.717) is 32.1 Å². The van der Waals surface area contributed by atoms with Gasteiger partial charge in [-0.1, -0.05) is 19.3 Å². The van der Waals surface area contributed by atoms with Crippen LogP contribution in [0.4, 0.5) is 0 Å². The van der Waals surface area contributed by atoms with E-state index in [2.05, 4.69) is 0 Å². The van der Waals surface area contributed by atoms with Crippen LogP contribution in [0.1, 0.15) is 54.4 Å². The number of amides is 2. The second kappa shape index (κ2) is 7.68.